The van der Waals surface area contributed by atoms with E-state index in [-0.39, 0.29) is 6.42 Å². The van der Waals surface area contributed by atoms with Gasteiger partial charge < -0.3 is 0 Å². The van der Waals surface area contributed by atoms with Crippen molar-refractivity contribution in [1.29, 1.82) is 0 Å². The Morgan fingerprint density at radius 3 is 2.27 bits per heavy atom. The van der Waals surface area contributed by atoms with Gasteiger partial charge in [0.2, 0.25) is 4.84 Å². The third-order valence-electron chi connectivity index (χ3n) is 0.684. The van der Waals surface area contributed by atoms with E-state index in [2.05, 4.69) is 9.78 Å². The van der Waals surface area contributed by atoms with Gasteiger partial charge in [-0.15, -0.1) is 0 Å². The molecule has 0 aliphatic carbocycles. The zero-order chi connectivity index (χ0) is 8.85. The molecule has 0 bridgehead atoms. The average Bonchev–Trinajstić information content (AvgIpc) is 1.99. The van der Waals surface area contributed by atoms with Crippen LogP contribution in [0.25, 0.3) is 0 Å². The molecule has 0 saturated heterocycles. The summed E-state index contributed by atoms with van der Waals surface area (Å²) in [5, 5.41) is 0. The fraction of sp³-hybridized carbons (Fsp3) is 0.600. The number of hydrogen-bond acceptors (Lipinski definition) is 4. The zero-order valence-electron chi connectivity index (χ0n) is 5.67. The number of alkyl halides is 2. The Bertz CT molecular complexity index is 157. The first kappa shape index (κ1) is 10.5. The summed E-state index contributed by atoms with van der Waals surface area (Å²) in [7, 11) is 0. The first-order valence-electron chi connectivity index (χ1n) is 2.77. The molecule has 0 N–H and O–H groups in total. The molecule has 0 heterocycles. The van der Waals surface area contributed by atoms with E-state index in [0.717, 1.165) is 0 Å². The summed E-state index contributed by atoms with van der Waals surface area (Å²) in [4.78, 5) is 27.3. The first-order valence-corrected chi connectivity index (χ1v) is 3.64. The van der Waals surface area contributed by atoms with Crippen LogP contribution in [-0.4, -0.2) is 16.8 Å². The number of carbonyl (C=O) groups is 2. The summed E-state index contributed by atoms with van der Waals surface area (Å²) in [6.45, 7) is 1.55. The lowest BCUT2D eigenvalue weighted by Gasteiger charge is -2.00. The van der Waals surface area contributed by atoms with E-state index in [1.807, 2.05) is 0 Å². The van der Waals surface area contributed by atoms with Gasteiger partial charge >= 0.3 is 11.9 Å². The standard InChI is InChI=1S/C5H6Cl2O4/c1-2-3(8)10-11-5(9)4(6)7/h4H,2H2,1H3. The van der Waals surface area contributed by atoms with Crippen molar-refractivity contribution >= 4 is 35.1 Å². The SMILES string of the molecule is CCC(=O)OOC(=O)C(Cl)Cl. The Balaban J connectivity index is 3.54. The lowest BCUT2D eigenvalue weighted by atomic mass is 10.5. The second-order valence-corrected chi connectivity index (χ2v) is 2.61. The van der Waals surface area contributed by atoms with Crippen molar-refractivity contribution in [1.82, 2.24) is 0 Å². The van der Waals surface area contributed by atoms with Gasteiger partial charge in [0.15, 0.2) is 0 Å². The van der Waals surface area contributed by atoms with E-state index >= 15 is 0 Å². The predicted molar refractivity (Wildman–Crippen MR) is 38.0 cm³/mol. The average molecular weight is 201 g/mol. The van der Waals surface area contributed by atoms with Crippen molar-refractivity contribution in [2.24, 2.45) is 0 Å². The van der Waals surface area contributed by atoms with Crippen LogP contribution in [0.4, 0.5) is 0 Å². The summed E-state index contributed by atoms with van der Waals surface area (Å²) in [6, 6.07) is 0. The van der Waals surface area contributed by atoms with Gasteiger partial charge in [0.25, 0.3) is 0 Å². The van der Waals surface area contributed by atoms with Gasteiger partial charge in [-0.05, 0) is 0 Å². The Morgan fingerprint density at radius 1 is 1.36 bits per heavy atom. The first-order chi connectivity index (χ1) is 5.07. The van der Waals surface area contributed by atoms with Crippen molar-refractivity contribution in [3.8, 4) is 0 Å². The maximum atomic E-state index is 10.4. The largest absolute Gasteiger partial charge is 0.388 e. The molecule has 11 heavy (non-hydrogen) atoms. The van der Waals surface area contributed by atoms with Crippen LogP contribution in [-0.2, 0) is 19.4 Å². The van der Waals surface area contributed by atoms with Gasteiger partial charge in [-0.2, -0.15) is 0 Å². The molecular formula is C5H6Cl2O4. The lowest BCUT2D eigenvalue weighted by molar-refractivity contribution is -0.257. The molecule has 0 fully saturated rings. The summed E-state index contributed by atoms with van der Waals surface area (Å²) in [6.07, 6.45) is 0.114. The van der Waals surface area contributed by atoms with E-state index in [1.54, 1.807) is 6.92 Å². The molecule has 4 nitrogen and oxygen atoms in total. The molecule has 0 aliphatic heterocycles. The fourth-order valence-corrected chi connectivity index (χ4v) is 0.256. The number of halogens is 2. The van der Waals surface area contributed by atoms with Crippen LogP contribution in [0.5, 0.6) is 0 Å². The minimum absolute atomic E-state index is 0.114. The monoisotopic (exact) mass is 200 g/mol. The third kappa shape index (κ3) is 4.86. The normalized spacial score (nSPS) is 9.45. The van der Waals surface area contributed by atoms with Gasteiger partial charge in [0, 0.05) is 6.42 Å². The number of hydrogen-bond donors (Lipinski definition) is 0. The maximum absolute atomic E-state index is 10.4. The van der Waals surface area contributed by atoms with Crippen molar-refractivity contribution in [3.63, 3.8) is 0 Å². The Morgan fingerprint density at radius 2 is 1.91 bits per heavy atom. The highest BCUT2D eigenvalue weighted by Gasteiger charge is 2.15. The molecule has 0 radical (unpaired) electrons. The van der Waals surface area contributed by atoms with Crippen molar-refractivity contribution in [2.75, 3.05) is 0 Å². The fourth-order valence-electron chi connectivity index (χ4n) is 0.183. The number of carbonyl (C=O) groups excluding carboxylic acids is 2. The van der Waals surface area contributed by atoms with Gasteiger partial charge in [-0.3, -0.25) is 0 Å². The van der Waals surface area contributed by atoms with Crippen LogP contribution in [0.2, 0.25) is 0 Å². The van der Waals surface area contributed by atoms with Gasteiger partial charge in [0.1, 0.15) is 0 Å². The van der Waals surface area contributed by atoms with E-state index in [0.29, 0.717) is 0 Å². The lowest BCUT2D eigenvalue weighted by Crippen LogP contribution is -2.15. The maximum Gasteiger partial charge on any atom is 0.388 e. The molecule has 0 aromatic heterocycles. The topological polar surface area (TPSA) is 52.6 Å². The van der Waals surface area contributed by atoms with Gasteiger partial charge in [-0.1, -0.05) is 30.1 Å². The minimum Gasteiger partial charge on any atom is -0.247 e. The van der Waals surface area contributed by atoms with E-state index in [9.17, 15) is 9.59 Å². The minimum atomic E-state index is -1.33. The summed E-state index contributed by atoms with van der Waals surface area (Å²) >= 11 is 10.1. The van der Waals surface area contributed by atoms with Crippen LogP contribution in [0, 0.1) is 0 Å². The zero-order valence-corrected chi connectivity index (χ0v) is 7.19. The van der Waals surface area contributed by atoms with E-state index in [4.69, 9.17) is 23.2 Å². The summed E-state index contributed by atoms with van der Waals surface area (Å²) < 4.78 is 0. The van der Waals surface area contributed by atoms with Crippen molar-refractivity contribution in [3.05, 3.63) is 0 Å². The third-order valence-corrected chi connectivity index (χ3v) is 1.04. The Hall–Kier alpha value is -0.480. The van der Waals surface area contributed by atoms with Crippen molar-refractivity contribution < 1.29 is 19.4 Å². The molecule has 0 aromatic rings. The van der Waals surface area contributed by atoms with Crippen LogP contribution in [0.15, 0.2) is 0 Å². The van der Waals surface area contributed by atoms with Gasteiger partial charge in [-0.25, -0.2) is 19.4 Å². The van der Waals surface area contributed by atoms with Crippen LogP contribution in [0.1, 0.15) is 13.3 Å². The molecule has 0 rings (SSSR count). The van der Waals surface area contributed by atoms with Crippen LogP contribution < -0.4 is 0 Å². The van der Waals surface area contributed by atoms with E-state index < -0.39 is 16.8 Å². The van der Waals surface area contributed by atoms with E-state index in [1.165, 1.54) is 0 Å². The second-order valence-electron chi connectivity index (χ2n) is 1.51. The van der Waals surface area contributed by atoms with Crippen molar-refractivity contribution in [2.45, 2.75) is 18.2 Å². The molecular weight excluding hydrogens is 195 g/mol. The summed E-state index contributed by atoms with van der Waals surface area (Å²) in [5.41, 5.74) is 0. The second kappa shape index (κ2) is 5.21. The number of rotatable bonds is 2. The molecule has 0 atom stereocenters. The molecule has 0 aromatic carbocycles. The van der Waals surface area contributed by atoms with Crippen LogP contribution >= 0.6 is 23.2 Å². The molecule has 0 aliphatic rings. The highest BCUT2D eigenvalue weighted by Crippen LogP contribution is 2.04. The Kier molecular flexibility index (Phi) is 4.98. The Labute approximate surface area is 73.3 Å². The van der Waals surface area contributed by atoms with Gasteiger partial charge in [0.05, 0.1) is 0 Å². The predicted octanol–water partition coefficient (Wildman–Crippen LogP) is 1.20. The molecule has 0 unspecified atom stereocenters. The molecule has 0 saturated carbocycles. The summed E-state index contributed by atoms with van der Waals surface area (Å²) in [5.74, 6) is -1.66. The smallest absolute Gasteiger partial charge is 0.247 e. The molecule has 6 heteroatoms. The molecule has 64 valence electrons. The molecule has 0 amide bonds. The highest BCUT2D eigenvalue weighted by atomic mass is 35.5. The highest BCUT2D eigenvalue weighted by molar-refractivity contribution is 6.52. The quantitative estimate of drug-likeness (QED) is 0.382. The molecule has 0 spiro atoms. The van der Waals surface area contributed by atoms with Crippen LogP contribution in [0.3, 0.4) is 0 Å².